The number of rotatable bonds is 4. The maximum Gasteiger partial charge on any atom is 0.419 e. The monoisotopic (exact) mass is 404 g/mol. The highest BCUT2D eigenvalue weighted by Crippen LogP contribution is 2.35. The zero-order valence-electron chi connectivity index (χ0n) is 14.6. The van der Waals surface area contributed by atoms with Gasteiger partial charge < -0.3 is 14.8 Å². The molecule has 1 amide bonds. The van der Waals surface area contributed by atoms with Crippen LogP contribution in [0, 0.1) is 5.82 Å². The van der Waals surface area contributed by atoms with Crippen LogP contribution in [0.3, 0.4) is 0 Å². The molecule has 2 aromatic heterocycles. The lowest BCUT2D eigenvalue weighted by molar-refractivity contribution is -0.140. The first-order valence-corrected chi connectivity index (χ1v) is 8.31. The highest BCUT2D eigenvalue weighted by molar-refractivity contribution is 5.94. The van der Waals surface area contributed by atoms with E-state index in [9.17, 15) is 22.4 Å². The number of benzene rings is 2. The van der Waals surface area contributed by atoms with Crippen LogP contribution in [0.1, 0.15) is 5.56 Å². The summed E-state index contributed by atoms with van der Waals surface area (Å²) in [6.45, 7) is -0.0136. The molecule has 4 aromatic rings. The summed E-state index contributed by atoms with van der Waals surface area (Å²) < 4.78 is 59.1. The van der Waals surface area contributed by atoms with E-state index in [4.69, 9.17) is 10.3 Å². The third kappa shape index (κ3) is 3.44. The van der Waals surface area contributed by atoms with E-state index in [1.54, 1.807) is 35.0 Å². The van der Waals surface area contributed by atoms with Gasteiger partial charge in [0.1, 0.15) is 12.4 Å². The van der Waals surface area contributed by atoms with Gasteiger partial charge in [-0.1, -0.05) is 17.3 Å². The van der Waals surface area contributed by atoms with E-state index >= 15 is 0 Å². The lowest BCUT2D eigenvalue weighted by Crippen LogP contribution is -2.17. The Bertz CT molecular complexity index is 1230. The van der Waals surface area contributed by atoms with Gasteiger partial charge in [0.2, 0.25) is 11.7 Å². The number of hydrogen-bond donors (Lipinski definition) is 1. The second-order valence-electron chi connectivity index (χ2n) is 6.26. The predicted octanol–water partition coefficient (Wildman–Crippen LogP) is 4.00. The Morgan fingerprint density at radius 3 is 2.69 bits per heavy atom. The van der Waals surface area contributed by atoms with Gasteiger partial charge in [-0.25, -0.2) is 4.39 Å². The van der Waals surface area contributed by atoms with Crippen molar-refractivity contribution in [1.29, 1.82) is 0 Å². The molecule has 0 aliphatic rings. The van der Waals surface area contributed by atoms with Crippen LogP contribution >= 0.6 is 0 Å². The van der Waals surface area contributed by atoms with Crippen LogP contribution in [0.4, 0.5) is 17.6 Å². The van der Waals surface area contributed by atoms with E-state index in [0.29, 0.717) is 28.6 Å². The normalized spacial score (nSPS) is 11.9. The number of halogens is 4. The number of carbonyl (C=O) groups excluding carboxylic acids is 1. The zero-order valence-corrected chi connectivity index (χ0v) is 14.6. The first kappa shape index (κ1) is 18.7. The highest BCUT2D eigenvalue weighted by Gasteiger charge is 2.34. The highest BCUT2D eigenvalue weighted by atomic mass is 19.4. The van der Waals surface area contributed by atoms with Crippen molar-refractivity contribution >= 4 is 16.8 Å². The molecule has 148 valence electrons. The summed E-state index contributed by atoms with van der Waals surface area (Å²) in [5, 5.41) is 4.54. The zero-order chi connectivity index (χ0) is 20.8. The van der Waals surface area contributed by atoms with E-state index in [0.717, 1.165) is 6.07 Å². The van der Waals surface area contributed by atoms with Crippen LogP contribution < -0.4 is 5.73 Å². The van der Waals surface area contributed by atoms with Gasteiger partial charge in [-0.15, -0.1) is 0 Å². The van der Waals surface area contributed by atoms with Crippen molar-refractivity contribution in [2.45, 2.75) is 12.7 Å². The third-order valence-corrected chi connectivity index (χ3v) is 4.33. The number of hydrogen-bond acceptors (Lipinski definition) is 4. The molecule has 10 heteroatoms. The fourth-order valence-corrected chi connectivity index (χ4v) is 3.05. The average Bonchev–Trinajstić information content (AvgIpc) is 3.28. The molecule has 2 N–H and O–H groups in total. The molecule has 2 heterocycles. The lowest BCUT2D eigenvalue weighted by atomic mass is 10.1. The summed E-state index contributed by atoms with van der Waals surface area (Å²) in [7, 11) is 0. The van der Waals surface area contributed by atoms with Crippen LogP contribution in [0.5, 0.6) is 0 Å². The average molecular weight is 404 g/mol. The third-order valence-electron chi connectivity index (χ3n) is 4.33. The number of carbonyl (C=O) groups is 1. The van der Waals surface area contributed by atoms with Gasteiger partial charge >= 0.3 is 6.18 Å². The van der Waals surface area contributed by atoms with Crippen LogP contribution in [0.15, 0.2) is 53.2 Å². The number of aromatic nitrogens is 3. The predicted molar refractivity (Wildman–Crippen MR) is 94.8 cm³/mol. The molecule has 2 aromatic carbocycles. The molecule has 0 fully saturated rings. The molecule has 0 atom stereocenters. The molecule has 0 aliphatic heterocycles. The Labute approximate surface area is 160 Å². The number of fused-ring (bicyclic) bond motifs is 1. The van der Waals surface area contributed by atoms with Crippen molar-refractivity contribution in [2.24, 2.45) is 5.73 Å². The molecule has 6 nitrogen and oxygen atoms in total. The Kier molecular flexibility index (Phi) is 4.33. The van der Waals surface area contributed by atoms with Gasteiger partial charge in [0.05, 0.1) is 5.56 Å². The van der Waals surface area contributed by atoms with Gasteiger partial charge in [0.15, 0.2) is 0 Å². The van der Waals surface area contributed by atoms with Crippen molar-refractivity contribution < 1.29 is 26.9 Å². The lowest BCUT2D eigenvalue weighted by Gasteiger charge is -2.08. The minimum Gasteiger partial charge on any atom is -0.368 e. The molecule has 0 spiro atoms. The number of nitrogens with two attached hydrogens (primary N) is 1. The topological polar surface area (TPSA) is 86.9 Å². The molecule has 0 aliphatic carbocycles. The molecule has 0 bridgehead atoms. The van der Waals surface area contributed by atoms with Gasteiger partial charge in [0.25, 0.3) is 5.89 Å². The molecule has 4 rings (SSSR count). The number of alkyl halides is 3. The summed E-state index contributed by atoms with van der Waals surface area (Å²) in [4.78, 5) is 15.4. The van der Waals surface area contributed by atoms with E-state index in [2.05, 4.69) is 10.1 Å². The minimum atomic E-state index is -4.85. The van der Waals surface area contributed by atoms with Crippen molar-refractivity contribution in [2.75, 3.05) is 0 Å². The SMILES string of the molecule is NC(=O)Cn1ccc2c(-c3noc(-c4ccc(F)c(C(F)(F)F)c4)n3)cccc21. The first-order valence-electron chi connectivity index (χ1n) is 8.31. The van der Waals surface area contributed by atoms with Gasteiger partial charge in [0, 0.05) is 28.2 Å². The number of amides is 1. The molecular formula is C19H12F4N4O2. The largest absolute Gasteiger partial charge is 0.419 e. The molecule has 0 saturated heterocycles. The number of nitrogens with zero attached hydrogens (tertiary/aromatic N) is 3. The second-order valence-corrected chi connectivity index (χ2v) is 6.26. The first-order chi connectivity index (χ1) is 13.7. The maximum atomic E-state index is 13.5. The summed E-state index contributed by atoms with van der Waals surface area (Å²) >= 11 is 0. The molecule has 29 heavy (non-hydrogen) atoms. The Balaban J connectivity index is 1.76. The molecule has 0 unspecified atom stereocenters. The Morgan fingerprint density at radius 2 is 1.97 bits per heavy atom. The van der Waals surface area contributed by atoms with Gasteiger partial charge in [-0.05, 0) is 30.3 Å². The van der Waals surface area contributed by atoms with Crippen molar-refractivity contribution in [3.05, 3.63) is 60.0 Å². The summed E-state index contributed by atoms with van der Waals surface area (Å²) in [6.07, 6.45) is -3.17. The van der Waals surface area contributed by atoms with Crippen LogP contribution in [0.2, 0.25) is 0 Å². The van der Waals surface area contributed by atoms with Crippen LogP contribution in [-0.2, 0) is 17.5 Å². The summed E-state index contributed by atoms with van der Waals surface area (Å²) in [5.74, 6) is -1.94. The second kappa shape index (κ2) is 6.73. The van der Waals surface area contributed by atoms with Gasteiger partial charge in [-0.3, -0.25) is 4.79 Å². The van der Waals surface area contributed by atoms with Crippen LogP contribution in [0.25, 0.3) is 33.7 Å². The molecular weight excluding hydrogens is 392 g/mol. The maximum absolute atomic E-state index is 13.5. The van der Waals surface area contributed by atoms with E-state index in [1.807, 2.05) is 0 Å². The van der Waals surface area contributed by atoms with Crippen molar-refractivity contribution in [3.8, 4) is 22.8 Å². The van der Waals surface area contributed by atoms with E-state index < -0.39 is 23.5 Å². The fraction of sp³-hybridized carbons (Fsp3) is 0.105. The molecule has 0 saturated carbocycles. The van der Waals surface area contributed by atoms with E-state index in [1.165, 1.54) is 0 Å². The standard InChI is InChI=1S/C19H12F4N4O2/c20-14-5-4-10(8-13(14)19(21,22)23)18-25-17(26-29-18)12-2-1-3-15-11(12)6-7-27(15)9-16(24)28/h1-8H,9H2,(H2,24,28). The number of primary amides is 1. The van der Waals surface area contributed by atoms with Crippen LogP contribution in [-0.4, -0.2) is 20.6 Å². The Hall–Kier alpha value is -3.69. The quantitative estimate of drug-likeness (QED) is 0.521. The Morgan fingerprint density at radius 1 is 1.17 bits per heavy atom. The fourth-order valence-electron chi connectivity index (χ4n) is 3.05. The smallest absolute Gasteiger partial charge is 0.368 e. The minimum absolute atomic E-state index is 0.0136. The van der Waals surface area contributed by atoms with Crippen molar-refractivity contribution in [3.63, 3.8) is 0 Å². The molecule has 0 radical (unpaired) electrons. The van der Waals surface area contributed by atoms with Gasteiger partial charge in [-0.2, -0.15) is 18.2 Å². The van der Waals surface area contributed by atoms with Crippen molar-refractivity contribution in [1.82, 2.24) is 14.7 Å². The summed E-state index contributed by atoms with van der Waals surface area (Å²) in [6, 6.07) is 9.39. The summed E-state index contributed by atoms with van der Waals surface area (Å²) in [5.41, 5.74) is 5.02. The van der Waals surface area contributed by atoms with E-state index in [-0.39, 0.29) is 23.8 Å².